The van der Waals surface area contributed by atoms with Gasteiger partial charge < -0.3 is 15.2 Å². The van der Waals surface area contributed by atoms with E-state index >= 15 is 0 Å². The monoisotopic (exact) mass is 295 g/mol. The van der Waals surface area contributed by atoms with Gasteiger partial charge in [0.25, 0.3) is 0 Å². The predicted octanol–water partition coefficient (Wildman–Crippen LogP) is 3.23. The Hall–Kier alpha value is -0.610. The van der Waals surface area contributed by atoms with Crippen LogP contribution in [0.3, 0.4) is 0 Å². The Balaban J connectivity index is 1.77. The average molecular weight is 296 g/mol. The molecule has 0 radical (unpaired) electrons. The largest absolute Gasteiger partial charge is 0.378 e. The fourth-order valence-electron chi connectivity index (χ4n) is 3.39. The van der Waals surface area contributed by atoms with Gasteiger partial charge in [-0.3, -0.25) is 0 Å². The molecule has 1 aromatic carbocycles. The number of rotatable bonds is 2. The van der Waals surface area contributed by atoms with Crippen LogP contribution in [-0.2, 0) is 9.47 Å². The van der Waals surface area contributed by atoms with Crippen LogP contribution in [0, 0.1) is 12.8 Å². The topological polar surface area (TPSA) is 44.5 Å². The first-order chi connectivity index (χ1) is 9.60. The molecule has 2 fully saturated rings. The highest BCUT2D eigenvalue weighted by molar-refractivity contribution is 6.31. The molecule has 0 amide bonds. The lowest BCUT2D eigenvalue weighted by molar-refractivity contribution is -0.101. The molecule has 0 saturated carbocycles. The average Bonchev–Trinajstić information content (AvgIpc) is 2.86. The lowest BCUT2D eigenvalue weighted by atomic mass is 9.79. The van der Waals surface area contributed by atoms with Crippen molar-refractivity contribution in [2.45, 2.75) is 37.8 Å². The summed E-state index contributed by atoms with van der Waals surface area (Å²) in [7, 11) is 0. The molecule has 3 atom stereocenters. The van der Waals surface area contributed by atoms with E-state index < -0.39 is 0 Å². The Morgan fingerprint density at radius 1 is 1.40 bits per heavy atom. The maximum atomic E-state index is 6.49. The Kier molecular flexibility index (Phi) is 4.04. The van der Waals surface area contributed by atoms with Crippen LogP contribution in [-0.4, -0.2) is 25.4 Å². The van der Waals surface area contributed by atoms with E-state index in [1.165, 1.54) is 5.56 Å². The number of halogens is 1. The highest BCUT2D eigenvalue weighted by Gasteiger charge is 2.42. The first-order valence-electron chi connectivity index (χ1n) is 7.33. The van der Waals surface area contributed by atoms with Gasteiger partial charge in [0.1, 0.15) is 0 Å². The van der Waals surface area contributed by atoms with Crippen molar-refractivity contribution in [1.82, 2.24) is 0 Å². The Bertz CT molecular complexity index is 485. The van der Waals surface area contributed by atoms with Gasteiger partial charge in [-0.2, -0.15) is 0 Å². The van der Waals surface area contributed by atoms with Crippen molar-refractivity contribution in [1.29, 1.82) is 0 Å². The zero-order valence-corrected chi connectivity index (χ0v) is 12.7. The number of benzene rings is 1. The van der Waals surface area contributed by atoms with Crippen LogP contribution in [0.2, 0.25) is 5.02 Å². The molecule has 0 aromatic heterocycles. The number of nitrogens with two attached hydrogens (primary N) is 1. The molecule has 3 nitrogen and oxygen atoms in total. The fraction of sp³-hybridized carbons (Fsp3) is 0.625. The summed E-state index contributed by atoms with van der Waals surface area (Å²) in [4.78, 5) is 0. The van der Waals surface area contributed by atoms with E-state index in [2.05, 4.69) is 12.1 Å². The molecular formula is C16H22ClNO2. The van der Waals surface area contributed by atoms with E-state index in [9.17, 15) is 0 Å². The van der Waals surface area contributed by atoms with Crippen LogP contribution < -0.4 is 5.73 Å². The van der Waals surface area contributed by atoms with Crippen molar-refractivity contribution in [2.75, 3.05) is 19.8 Å². The third kappa shape index (κ3) is 2.73. The van der Waals surface area contributed by atoms with E-state index in [0.29, 0.717) is 12.5 Å². The molecule has 3 rings (SSSR count). The molecule has 2 N–H and O–H groups in total. The highest BCUT2D eigenvalue weighted by atomic mass is 35.5. The van der Waals surface area contributed by atoms with Gasteiger partial charge in [0.15, 0.2) is 0 Å². The second kappa shape index (κ2) is 5.64. The lowest BCUT2D eigenvalue weighted by Crippen LogP contribution is -2.43. The molecule has 2 heterocycles. The first kappa shape index (κ1) is 14.3. The van der Waals surface area contributed by atoms with E-state index in [4.69, 9.17) is 26.8 Å². The zero-order valence-electron chi connectivity index (χ0n) is 11.9. The first-order valence-corrected chi connectivity index (χ1v) is 7.71. The molecular weight excluding hydrogens is 274 g/mol. The molecule has 0 bridgehead atoms. The Morgan fingerprint density at radius 3 is 2.95 bits per heavy atom. The van der Waals surface area contributed by atoms with E-state index in [-0.39, 0.29) is 11.6 Å². The van der Waals surface area contributed by atoms with Gasteiger partial charge in [0.2, 0.25) is 0 Å². The molecule has 1 spiro atoms. The second-order valence-corrected chi connectivity index (χ2v) is 6.54. The molecule has 1 aromatic rings. The quantitative estimate of drug-likeness (QED) is 0.911. The summed E-state index contributed by atoms with van der Waals surface area (Å²) in [5, 5.41) is 0.778. The minimum atomic E-state index is -0.0995. The molecule has 3 unspecified atom stereocenters. The number of ether oxygens (including phenoxy) is 2. The summed E-state index contributed by atoms with van der Waals surface area (Å²) in [6, 6.07) is 6.11. The standard InChI is InChI=1S/C16H22ClNO2/c1-11-2-3-13(14(17)8-11)15(18)12-4-6-20-16(9-12)5-7-19-10-16/h2-3,8,12,15H,4-7,9-10,18H2,1H3. The van der Waals surface area contributed by atoms with Gasteiger partial charge >= 0.3 is 0 Å². The van der Waals surface area contributed by atoms with Crippen molar-refractivity contribution in [3.05, 3.63) is 34.3 Å². The molecule has 20 heavy (non-hydrogen) atoms. The zero-order chi connectivity index (χ0) is 14.2. The normalized spacial score (nSPS) is 31.6. The van der Waals surface area contributed by atoms with Crippen molar-refractivity contribution < 1.29 is 9.47 Å². The van der Waals surface area contributed by atoms with Gasteiger partial charge in [-0.1, -0.05) is 23.7 Å². The summed E-state index contributed by atoms with van der Waals surface area (Å²) >= 11 is 6.36. The third-order valence-corrected chi connectivity index (χ3v) is 4.95. The summed E-state index contributed by atoms with van der Waals surface area (Å²) in [6.45, 7) is 4.32. The van der Waals surface area contributed by atoms with Crippen LogP contribution in [0.5, 0.6) is 0 Å². The second-order valence-electron chi connectivity index (χ2n) is 6.14. The number of aryl methyl sites for hydroxylation is 1. The highest BCUT2D eigenvalue weighted by Crippen LogP contribution is 2.41. The summed E-state index contributed by atoms with van der Waals surface area (Å²) in [6.07, 6.45) is 2.95. The fourth-order valence-corrected chi connectivity index (χ4v) is 3.75. The van der Waals surface area contributed by atoms with Gasteiger partial charge in [-0.05, 0) is 42.9 Å². The molecule has 4 heteroatoms. The van der Waals surface area contributed by atoms with Gasteiger partial charge in [-0.15, -0.1) is 0 Å². The molecule has 2 saturated heterocycles. The van der Waals surface area contributed by atoms with Crippen LogP contribution in [0.1, 0.15) is 36.4 Å². The summed E-state index contributed by atoms with van der Waals surface area (Å²) < 4.78 is 11.5. The molecule has 110 valence electrons. The smallest absolute Gasteiger partial charge is 0.0940 e. The van der Waals surface area contributed by atoms with Crippen LogP contribution in [0.4, 0.5) is 0 Å². The van der Waals surface area contributed by atoms with E-state index in [1.54, 1.807) is 0 Å². The van der Waals surface area contributed by atoms with Gasteiger partial charge in [0.05, 0.1) is 12.2 Å². The van der Waals surface area contributed by atoms with Crippen LogP contribution in [0.15, 0.2) is 18.2 Å². The van der Waals surface area contributed by atoms with Crippen molar-refractivity contribution in [2.24, 2.45) is 11.7 Å². The number of hydrogen-bond acceptors (Lipinski definition) is 3. The maximum Gasteiger partial charge on any atom is 0.0940 e. The van der Waals surface area contributed by atoms with Gasteiger partial charge in [-0.25, -0.2) is 0 Å². The van der Waals surface area contributed by atoms with Crippen LogP contribution in [0.25, 0.3) is 0 Å². The summed E-state index contributed by atoms with van der Waals surface area (Å²) in [5.41, 5.74) is 8.61. The third-order valence-electron chi connectivity index (χ3n) is 4.62. The molecule has 2 aliphatic rings. The Morgan fingerprint density at radius 2 is 2.25 bits per heavy atom. The summed E-state index contributed by atoms with van der Waals surface area (Å²) in [5.74, 6) is 0.408. The van der Waals surface area contributed by atoms with Crippen molar-refractivity contribution >= 4 is 11.6 Å². The lowest BCUT2D eigenvalue weighted by Gasteiger charge is -2.39. The predicted molar refractivity (Wildman–Crippen MR) is 80.0 cm³/mol. The maximum absolute atomic E-state index is 6.49. The van der Waals surface area contributed by atoms with Crippen molar-refractivity contribution in [3.8, 4) is 0 Å². The number of hydrogen-bond donors (Lipinski definition) is 1. The Labute approximate surface area is 125 Å². The van der Waals surface area contributed by atoms with E-state index in [1.807, 2.05) is 13.0 Å². The van der Waals surface area contributed by atoms with Gasteiger partial charge in [0, 0.05) is 30.7 Å². The van der Waals surface area contributed by atoms with Crippen LogP contribution >= 0.6 is 11.6 Å². The minimum absolute atomic E-state index is 0.0236. The minimum Gasteiger partial charge on any atom is -0.378 e. The SMILES string of the molecule is Cc1ccc(C(N)C2CCOC3(CCOC3)C2)c(Cl)c1. The molecule has 0 aliphatic carbocycles. The van der Waals surface area contributed by atoms with Crippen molar-refractivity contribution in [3.63, 3.8) is 0 Å². The molecule has 2 aliphatic heterocycles. The van der Waals surface area contributed by atoms with E-state index in [0.717, 1.165) is 43.1 Å².